The van der Waals surface area contributed by atoms with E-state index in [0.717, 1.165) is 0 Å². The molecule has 0 amide bonds. The molecule has 5 N–H and O–H groups in total. The second-order valence-corrected chi connectivity index (χ2v) is 2.83. The highest BCUT2D eigenvalue weighted by atomic mass is 16.4. The monoisotopic (exact) mass is 175 g/mol. The van der Waals surface area contributed by atoms with Crippen LogP contribution in [0.5, 0.6) is 0 Å². The summed E-state index contributed by atoms with van der Waals surface area (Å²) in [5.74, 6) is -1.11. The molecule has 0 aromatic rings. The van der Waals surface area contributed by atoms with Crippen LogP contribution in [0, 0.1) is 0 Å². The number of aliphatic carboxylic acids is 1. The number of hydrogen-bond donors (Lipinski definition) is 4. The Labute approximate surface area is 71.3 Å². The van der Waals surface area contributed by atoms with E-state index in [1.165, 1.54) is 0 Å². The van der Waals surface area contributed by atoms with Gasteiger partial charge in [0.1, 0.15) is 5.54 Å². The lowest BCUT2D eigenvalue weighted by Crippen LogP contribution is -2.47. The van der Waals surface area contributed by atoms with Gasteiger partial charge in [-0.3, -0.25) is 4.79 Å². The van der Waals surface area contributed by atoms with Crippen LogP contribution in [0.15, 0.2) is 0 Å². The zero-order valence-corrected chi connectivity index (χ0v) is 7.03. The van der Waals surface area contributed by atoms with Gasteiger partial charge in [-0.1, -0.05) is 6.92 Å². The molecule has 0 aliphatic heterocycles. The molecule has 0 aliphatic rings. The number of carboxylic acids is 1. The van der Waals surface area contributed by atoms with Crippen molar-refractivity contribution in [3.05, 3.63) is 0 Å². The summed E-state index contributed by atoms with van der Waals surface area (Å²) >= 11 is 0. The van der Waals surface area contributed by atoms with Crippen molar-refractivity contribution in [2.45, 2.75) is 31.6 Å². The van der Waals surface area contributed by atoms with Crippen molar-refractivity contribution in [1.29, 1.82) is 0 Å². The first-order valence-electron chi connectivity index (χ1n) is 3.81. The zero-order valence-electron chi connectivity index (χ0n) is 7.03. The fraction of sp³-hybridized carbons (Fsp3) is 0.833. The Bertz CT molecular complexity index is 164. The maximum absolute atomic E-state index is 10.6. The van der Waals surface area contributed by atoms with Crippen molar-refractivity contribution < 1.29 is 19.9 Å². The normalized spacial score (nSPS) is 15.3. The SMILES string of the molecule is CCC(N)(CCB(O)O)C(=O)O. The molecule has 0 aromatic carbocycles. The van der Waals surface area contributed by atoms with Crippen LogP contribution in [0.1, 0.15) is 19.8 Å². The number of nitrogens with two attached hydrogens (primary N) is 1. The molecule has 0 heterocycles. The molecule has 0 saturated heterocycles. The van der Waals surface area contributed by atoms with E-state index in [2.05, 4.69) is 0 Å². The Morgan fingerprint density at radius 2 is 2.08 bits per heavy atom. The molecule has 1 atom stereocenters. The van der Waals surface area contributed by atoms with Gasteiger partial charge in [-0.15, -0.1) is 0 Å². The predicted molar refractivity (Wildman–Crippen MR) is 44.5 cm³/mol. The smallest absolute Gasteiger partial charge is 0.451 e. The molecule has 0 aromatic heterocycles. The minimum Gasteiger partial charge on any atom is -0.480 e. The Morgan fingerprint density at radius 3 is 2.33 bits per heavy atom. The number of carboxylic acid groups (broad SMARTS) is 1. The van der Waals surface area contributed by atoms with Crippen LogP contribution in [0.2, 0.25) is 6.32 Å². The van der Waals surface area contributed by atoms with Crippen LogP contribution in [-0.2, 0) is 4.79 Å². The third-order valence-corrected chi connectivity index (χ3v) is 1.91. The molecule has 12 heavy (non-hydrogen) atoms. The van der Waals surface area contributed by atoms with E-state index in [9.17, 15) is 4.79 Å². The van der Waals surface area contributed by atoms with Gasteiger partial charge in [0.2, 0.25) is 0 Å². The van der Waals surface area contributed by atoms with Crippen molar-refractivity contribution in [3.63, 3.8) is 0 Å². The van der Waals surface area contributed by atoms with Crippen molar-refractivity contribution in [2.75, 3.05) is 0 Å². The lowest BCUT2D eigenvalue weighted by atomic mass is 9.77. The third-order valence-electron chi connectivity index (χ3n) is 1.91. The minimum absolute atomic E-state index is 0.0172. The maximum atomic E-state index is 10.6. The summed E-state index contributed by atoms with van der Waals surface area (Å²) in [6, 6.07) is 0. The Morgan fingerprint density at radius 1 is 1.58 bits per heavy atom. The summed E-state index contributed by atoms with van der Waals surface area (Å²) in [6.45, 7) is 1.65. The molecular formula is C6H14BNO4. The predicted octanol–water partition coefficient (Wildman–Crippen LogP) is -0.959. The molecule has 0 bridgehead atoms. The average Bonchev–Trinajstić information content (AvgIpc) is 1.99. The number of rotatable bonds is 5. The molecule has 0 spiro atoms. The summed E-state index contributed by atoms with van der Waals surface area (Å²) in [4.78, 5) is 10.6. The highest BCUT2D eigenvalue weighted by Crippen LogP contribution is 2.15. The highest BCUT2D eigenvalue weighted by molar-refractivity contribution is 6.41. The van der Waals surface area contributed by atoms with Gasteiger partial charge >= 0.3 is 13.1 Å². The first kappa shape index (κ1) is 11.4. The minimum atomic E-state index is -1.49. The van der Waals surface area contributed by atoms with Crippen LogP contribution >= 0.6 is 0 Å². The van der Waals surface area contributed by atoms with Gasteiger partial charge in [0.25, 0.3) is 0 Å². The van der Waals surface area contributed by atoms with Crippen LogP contribution in [0.4, 0.5) is 0 Å². The van der Waals surface area contributed by atoms with E-state index in [1.807, 2.05) is 0 Å². The van der Waals surface area contributed by atoms with Gasteiger partial charge in [0.05, 0.1) is 0 Å². The summed E-state index contributed by atoms with van der Waals surface area (Å²) in [5.41, 5.74) is 4.14. The molecule has 0 rings (SSSR count). The molecule has 6 heteroatoms. The second kappa shape index (κ2) is 4.44. The van der Waals surface area contributed by atoms with Crippen molar-refractivity contribution in [1.82, 2.24) is 0 Å². The summed E-state index contributed by atoms with van der Waals surface area (Å²) in [7, 11) is -1.49. The van der Waals surface area contributed by atoms with E-state index in [-0.39, 0.29) is 19.2 Å². The Kier molecular flexibility index (Phi) is 4.23. The first-order valence-corrected chi connectivity index (χ1v) is 3.81. The van der Waals surface area contributed by atoms with Gasteiger partial charge in [-0.2, -0.15) is 0 Å². The van der Waals surface area contributed by atoms with E-state index in [4.69, 9.17) is 20.9 Å². The third kappa shape index (κ3) is 3.21. The summed E-state index contributed by atoms with van der Waals surface area (Å²) < 4.78 is 0. The lowest BCUT2D eigenvalue weighted by Gasteiger charge is -2.22. The van der Waals surface area contributed by atoms with Crippen LogP contribution < -0.4 is 5.73 Å². The van der Waals surface area contributed by atoms with Crippen LogP contribution in [-0.4, -0.2) is 33.8 Å². The van der Waals surface area contributed by atoms with Gasteiger partial charge in [-0.05, 0) is 19.2 Å². The fourth-order valence-electron chi connectivity index (χ4n) is 0.822. The molecule has 1 unspecified atom stereocenters. The van der Waals surface area contributed by atoms with Gasteiger partial charge in [0.15, 0.2) is 0 Å². The zero-order chi connectivity index (χ0) is 9.78. The van der Waals surface area contributed by atoms with Crippen molar-refractivity contribution >= 4 is 13.1 Å². The second-order valence-electron chi connectivity index (χ2n) is 2.83. The van der Waals surface area contributed by atoms with E-state index in [1.54, 1.807) is 6.92 Å². The Hall–Kier alpha value is -0.585. The van der Waals surface area contributed by atoms with E-state index in [0.29, 0.717) is 0 Å². The molecule has 0 aliphatic carbocycles. The maximum Gasteiger partial charge on any atom is 0.451 e. The molecule has 70 valence electrons. The molecular weight excluding hydrogens is 161 g/mol. The average molecular weight is 175 g/mol. The van der Waals surface area contributed by atoms with Crippen LogP contribution in [0.3, 0.4) is 0 Å². The molecule has 5 nitrogen and oxygen atoms in total. The van der Waals surface area contributed by atoms with Gasteiger partial charge < -0.3 is 20.9 Å². The largest absolute Gasteiger partial charge is 0.480 e. The molecule has 0 fully saturated rings. The standard InChI is InChI=1S/C6H14BNO4/c1-2-6(8,5(9)10)3-4-7(11)12/h11-12H,2-4,8H2,1H3,(H,9,10). The quantitative estimate of drug-likeness (QED) is 0.403. The molecule has 0 saturated carbocycles. The van der Waals surface area contributed by atoms with Crippen molar-refractivity contribution in [2.24, 2.45) is 5.73 Å². The first-order chi connectivity index (χ1) is 5.42. The van der Waals surface area contributed by atoms with E-state index < -0.39 is 18.6 Å². The topological polar surface area (TPSA) is 104 Å². The number of hydrogen-bond acceptors (Lipinski definition) is 4. The lowest BCUT2D eigenvalue weighted by molar-refractivity contribution is -0.143. The van der Waals surface area contributed by atoms with Gasteiger partial charge in [0, 0.05) is 0 Å². The summed E-state index contributed by atoms with van der Waals surface area (Å²) in [5, 5.41) is 25.7. The fourth-order valence-corrected chi connectivity index (χ4v) is 0.822. The number of carbonyl (C=O) groups is 1. The van der Waals surface area contributed by atoms with E-state index >= 15 is 0 Å². The Balaban J connectivity index is 4.06. The van der Waals surface area contributed by atoms with Crippen LogP contribution in [0.25, 0.3) is 0 Å². The van der Waals surface area contributed by atoms with Crippen molar-refractivity contribution in [3.8, 4) is 0 Å². The van der Waals surface area contributed by atoms with Gasteiger partial charge in [-0.25, -0.2) is 0 Å². The highest BCUT2D eigenvalue weighted by Gasteiger charge is 2.32. The summed E-state index contributed by atoms with van der Waals surface area (Å²) in [6.07, 6.45) is 0.322. The molecule has 0 radical (unpaired) electrons.